The quantitative estimate of drug-likeness (QED) is 0.535. The van der Waals surface area contributed by atoms with Gasteiger partial charge in [-0.1, -0.05) is 24.3 Å². The molecule has 1 saturated carbocycles. The van der Waals surface area contributed by atoms with Crippen molar-refractivity contribution >= 4 is 11.6 Å². The van der Waals surface area contributed by atoms with Gasteiger partial charge in [0.1, 0.15) is 0 Å². The molecule has 2 aliphatic carbocycles. The summed E-state index contributed by atoms with van der Waals surface area (Å²) in [7, 11) is 0. The smallest absolute Gasteiger partial charge is 0.0473 e. The molecule has 2 bridgehead atoms. The van der Waals surface area contributed by atoms with Gasteiger partial charge in [-0.05, 0) is 24.0 Å². The molecule has 0 aromatic heterocycles. The minimum Gasteiger partial charge on any atom is -0.122 e. The SMILES string of the molecule is ClC1[C@@H]2CC[C@H]1c1ccccc12. The monoisotopic (exact) mass is 178 g/mol. The standard InChI is InChI=1S/C11H11Cl/c12-11-9-5-6-10(11)8-4-2-1-3-7(8)9/h1-4,9-11H,5-6H2/t9-,10+,11?. The molecule has 62 valence electrons. The van der Waals surface area contributed by atoms with Crippen LogP contribution in [-0.2, 0) is 0 Å². The lowest BCUT2D eigenvalue weighted by atomic mass is 9.92. The van der Waals surface area contributed by atoms with Crippen LogP contribution < -0.4 is 0 Å². The fourth-order valence-corrected chi connectivity index (χ4v) is 3.32. The molecule has 0 aliphatic heterocycles. The van der Waals surface area contributed by atoms with Crippen molar-refractivity contribution in [2.75, 3.05) is 0 Å². The fraction of sp³-hybridized carbons (Fsp3) is 0.455. The van der Waals surface area contributed by atoms with Gasteiger partial charge < -0.3 is 0 Å². The first-order valence-electron chi connectivity index (χ1n) is 4.61. The minimum absolute atomic E-state index is 0.391. The second-order valence-electron chi connectivity index (χ2n) is 3.86. The van der Waals surface area contributed by atoms with Gasteiger partial charge in [0, 0.05) is 17.2 Å². The van der Waals surface area contributed by atoms with E-state index in [1.54, 1.807) is 0 Å². The van der Waals surface area contributed by atoms with Crippen molar-refractivity contribution in [3.8, 4) is 0 Å². The Labute approximate surface area is 77.5 Å². The van der Waals surface area contributed by atoms with Crippen LogP contribution in [0.25, 0.3) is 0 Å². The van der Waals surface area contributed by atoms with Gasteiger partial charge in [0.15, 0.2) is 0 Å². The van der Waals surface area contributed by atoms with E-state index in [-0.39, 0.29) is 0 Å². The molecule has 0 radical (unpaired) electrons. The predicted octanol–water partition coefficient (Wildman–Crippen LogP) is 3.27. The molecule has 0 spiro atoms. The van der Waals surface area contributed by atoms with Crippen LogP contribution in [0.15, 0.2) is 24.3 Å². The van der Waals surface area contributed by atoms with Crippen LogP contribution in [0, 0.1) is 0 Å². The summed E-state index contributed by atoms with van der Waals surface area (Å²) in [6.07, 6.45) is 2.60. The highest BCUT2D eigenvalue weighted by Crippen LogP contribution is 2.55. The lowest BCUT2D eigenvalue weighted by Crippen LogP contribution is -1.99. The maximum absolute atomic E-state index is 6.34. The maximum Gasteiger partial charge on any atom is 0.0473 e. The molecule has 3 rings (SSSR count). The van der Waals surface area contributed by atoms with E-state index in [0.29, 0.717) is 17.2 Å². The van der Waals surface area contributed by atoms with Crippen molar-refractivity contribution in [1.29, 1.82) is 0 Å². The molecule has 0 amide bonds. The van der Waals surface area contributed by atoms with E-state index in [1.165, 1.54) is 24.0 Å². The number of alkyl halides is 1. The summed E-state index contributed by atoms with van der Waals surface area (Å²) in [5.41, 5.74) is 3.04. The molecule has 3 atom stereocenters. The summed E-state index contributed by atoms with van der Waals surface area (Å²) in [5.74, 6) is 1.32. The molecule has 1 aromatic carbocycles. The minimum atomic E-state index is 0.391. The zero-order valence-electron chi connectivity index (χ0n) is 6.83. The third kappa shape index (κ3) is 0.694. The van der Waals surface area contributed by atoms with Crippen LogP contribution in [0.1, 0.15) is 35.8 Å². The highest BCUT2D eigenvalue weighted by atomic mass is 35.5. The molecule has 2 aliphatic rings. The first kappa shape index (κ1) is 6.97. The van der Waals surface area contributed by atoms with Crippen molar-refractivity contribution in [2.45, 2.75) is 30.1 Å². The third-order valence-electron chi connectivity index (χ3n) is 3.35. The van der Waals surface area contributed by atoms with Gasteiger partial charge in [0.2, 0.25) is 0 Å². The zero-order valence-corrected chi connectivity index (χ0v) is 7.59. The van der Waals surface area contributed by atoms with Gasteiger partial charge in [0.25, 0.3) is 0 Å². The average molecular weight is 179 g/mol. The Bertz CT molecular complexity index is 288. The first-order chi connectivity index (χ1) is 5.88. The van der Waals surface area contributed by atoms with E-state index >= 15 is 0 Å². The molecule has 1 fully saturated rings. The Balaban J connectivity index is 2.21. The Morgan fingerprint density at radius 3 is 2.00 bits per heavy atom. The summed E-state index contributed by atoms with van der Waals surface area (Å²) in [6, 6.07) is 8.75. The average Bonchev–Trinajstić information content (AvgIpc) is 2.61. The highest BCUT2D eigenvalue weighted by molar-refractivity contribution is 6.22. The Kier molecular flexibility index (Phi) is 1.31. The number of fused-ring (bicyclic) bond motifs is 5. The van der Waals surface area contributed by atoms with Gasteiger partial charge in [-0.3, -0.25) is 0 Å². The maximum atomic E-state index is 6.34. The van der Waals surface area contributed by atoms with E-state index in [1.807, 2.05) is 0 Å². The van der Waals surface area contributed by atoms with E-state index in [9.17, 15) is 0 Å². The molecule has 0 saturated heterocycles. The Morgan fingerprint density at radius 1 is 1.00 bits per heavy atom. The van der Waals surface area contributed by atoms with Crippen LogP contribution in [0.4, 0.5) is 0 Å². The largest absolute Gasteiger partial charge is 0.122 e. The number of rotatable bonds is 0. The molecule has 0 N–H and O–H groups in total. The predicted molar refractivity (Wildman–Crippen MR) is 50.8 cm³/mol. The van der Waals surface area contributed by atoms with Crippen LogP contribution >= 0.6 is 11.6 Å². The van der Waals surface area contributed by atoms with Crippen LogP contribution in [0.3, 0.4) is 0 Å². The summed E-state index contributed by atoms with van der Waals surface area (Å²) in [5, 5.41) is 0.391. The van der Waals surface area contributed by atoms with Crippen molar-refractivity contribution in [3.05, 3.63) is 35.4 Å². The van der Waals surface area contributed by atoms with Crippen molar-refractivity contribution in [1.82, 2.24) is 0 Å². The molecular formula is C11H11Cl. The topological polar surface area (TPSA) is 0 Å². The third-order valence-corrected chi connectivity index (χ3v) is 3.96. The molecule has 12 heavy (non-hydrogen) atoms. The summed E-state index contributed by atoms with van der Waals surface area (Å²) in [4.78, 5) is 0. The molecule has 0 nitrogen and oxygen atoms in total. The van der Waals surface area contributed by atoms with E-state index < -0.39 is 0 Å². The molecule has 1 unspecified atom stereocenters. The summed E-state index contributed by atoms with van der Waals surface area (Å²) >= 11 is 6.34. The van der Waals surface area contributed by atoms with Gasteiger partial charge in [-0.2, -0.15) is 0 Å². The fourth-order valence-electron chi connectivity index (χ4n) is 2.80. The molecule has 1 aromatic rings. The van der Waals surface area contributed by atoms with Gasteiger partial charge >= 0.3 is 0 Å². The molecular weight excluding hydrogens is 168 g/mol. The number of halogens is 1. The van der Waals surface area contributed by atoms with Crippen molar-refractivity contribution < 1.29 is 0 Å². The normalized spacial score (nSPS) is 36.9. The van der Waals surface area contributed by atoms with Crippen molar-refractivity contribution in [2.24, 2.45) is 0 Å². The van der Waals surface area contributed by atoms with E-state index in [0.717, 1.165) is 0 Å². The first-order valence-corrected chi connectivity index (χ1v) is 5.04. The van der Waals surface area contributed by atoms with E-state index in [2.05, 4.69) is 24.3 Å². The number of hydrogen-bond acceptors (Lipinski definition) is 0. The lowest BCUT2D eigenvalue weighted by Gasteiger charge is -2.12. The summed E-state index contributed by atoms with van der Waals surface area (Å²) in [6.45, 7) is 0. The van der Waals surface area contributed by atoms with Gasteiger partial charge in [0.05, 0.1) is 0 Å². The van der Waals surface area contributed by atoms with Gasteiger partial charge in [-0.15, -0.1) is 11.6 Å². The summed E-state index contributed by atoms with van der Waals surface area (Å²) < 4.78 is 0. The number of hydrogen-bond donors (Lipinski definition) is 0. The van der Waals surface area contributed by atoms with Gasteiger partial charge in [-0.25, -0.2) is 0 Å². The van der Waals surface area contributed by atoms with E-state index in [4.69, 9.17) is 11.6 Å². The molecule has 0 heterocycles. The zero-order chi connectivity index (χ0) is 8.13. The highest BCUT2D eigenvalue weighted by Gasteiger charge is 2.44. The van der Waals surface area contributed by atoms with Crippen molar-refractivity contribution in [3.63, 3.8) is 0 Å². The lowest BCUT2D eigenvalue weighted by molar-refractivity contribution is 0.717. The van der Waals surface area contributed by atoms with Crippen LogP contribution in [0.5, 0.6) is 0 Å². The second-order valence-corrected chi connectivity index (χ2v) is 4.37. The number of benzene rings is 1. The van der Waals surface area contributed by atoms with Crippen LogP contribution in [-0.4, -0.2) is 5.38 Å². The Morgan fingerprint density at radius 2 is 1.50 bits per heavy atom. The second kappa shape index (κ2) is 2.26. The van der Waals surface area contributed by atoms with Crippen LogP contribution in [0.2, 0.25) is 0 Å². The Hall–Kier alpha value is -0.490. The molecule has 1 heteroatoms.